The molecule has 21 heavy (non-hydrogen) atoms. The first-order valence-corrected chi connectivity index (χ1v) is 7.83. The van der Waals surface area contributed by atoms with Crippen LogP contribution in [0.1, 0.15) is 12.0 Å². The van der Waals surface area contributed by atoms with Gasteiger partial charge in [-0.2, -0.15) is 0 Å². The average Bonchev–Trinajstić information content (AvgIpc) is 2.97. The highest BCUT2D eigenvalue weighted by molar-refractivity contribution is 7.89. The van der Waals surface area contributed by atoms with Gasteiger partial charge in [0.25, 0.3) is 0 Å². The summed E-state index contributed by atoms with van der Waals surface area (Å²) < 4.78 is 41.6. The number of benzene rings is 1. The number of halogens is 1. The quantitative estimate of drug-likeness (QED) is 0.713. The summed E-state index contributed by atoms with van der Waals surface area (Å²) in [7, 11) is -3.78. The van der Waals surface area contributed by atoms with Crippen molar-refractivity contribution in [3.63, 3.8) is 0 Å². The van der Waals surface area contributed by atoms with Gasteiger partial charge >= 0.3 is 0 Å². The normalized spacial score (nSPS) is 11.7. The van der Waals surface area contributed by atoms with Gasteiger partial charge in [0.05, 0.1) is 11.1 Å². The number of nitrogens with one attached hydrogen (secondary N) is 1. The summed E-state index contributed by atoms with van der Waals surface area (Å²) in [6, 6.07) is 3.53. The second-order valence-corrected chi connectivity index (χ2v) is 6.11. The Hall–Kier alpha value is -1.84. The van der Waals surface area contributed by atoms with Gasteiger partial charge in [-0.3, -0.25) is 4.68 Å². The molecule has 2 aromatic rings. The van der Waals surface area contributed by atoms with Crippen molar-refractivity contribution in [2.24, 2.45) is 5.73 Å². The molecular weight excluding hydrogens is 297 g/mol. The standard InChI is InChI=1S/C12H16FN5O2S/c13-11-3-2-10(9-14)12(8-11)21(19,20)16-4-1-6-18-7-5-15-17-18/h2-3,5,7-8,16H,1,4,6,9,14H2. The van der Waals surface area contributed by atoms with Crippen molar-refractivity contribution in [3.8, 4) is 0 Å². The summed E-state index contributed by atoms with van der Waals surface area (Å²) in [6.45, 7) is 0.771. The molecule has 1 aromatic heterocycles. The largest absolute Gasteiger partial charge is 0.326 e. The maximum absolute atomic E-state index is 13.2. The number of aryl methyl sites for hydroxylation is 1. The number of sulfonamides is 1. The number of aromatic nitrogens is 3. The molecule has 0 aliphatic carbocycles. The lowest BCUT2D eigenvalue weighted by atomic mass is 10.2. The Kier molecular flexibility index (Phi) is 4.99. The number of nitrogens with zero attached hydrogens (tertiary/aromatic N) is 3. The van der Waals surface area contributed by atoms with Crippen LogP contribution in [0.25, 0.3) is 0 Å². The van der Waals surface area contributed by atoms with E-state index >= 15 is 0 Å². The van der Waals surface area contributed by atoms with Crippen LogP contribution in [0.3, 0.4) is 0 Å². The van der Waals surface area contributed by atoms with Crippen LogP contribution >= 0.6 is 0 Å². The van der Waals surface area contributed by atoms with Crippen molar-refractivity contribution >= 4 is 10.0 Å². The molecule has 0 saturated heterocycles. The second-order valence-electron chi connectivity index (χ2n) is 4.37. The minimum atomic E-state index is -3.78. The zero-order valence-corrected chi connectivity index (χ0v) is 12.1. The van der Waals surface area contributed by atoms with E-state index in [0.29, 0.717) is 18.5 Å². The van der Waals surface area contributed by atoms with E-state index in [1.54, 1.807) is 17.1 Å². The first kappa shape index (κ1) is 15.5. The molecule has 114 valence electrons. The van der Waals surface area contributed by atoms with E-state index in [0.717, 1.165) is 6.07 Å². The monoisotopic (exact) mass is 313 g/mol. The van der Waals surface area contributed by atoms with Crippen molar-refractivity contribution < 1.29 is 12.8 Å². The Morgan fingerprint density at radius 2 is 2.19 bits per heavy atom. The topological polar surface area (TPSA) is 103 Å². The van der Waals surface area contributed by atoms with Gasteiger partial charge in [-0.25, -0.2) is 17.5 Å². The van der Waals surface area contributed by atoms with E-state index in [4.69, 9.17) is 5.73 Å². The molecule has 0 spiro atoms. The van der Waals surface area contributed by atoms with Crippen LogP contribution < -0.4 is 10.5 Å². The van der Waals surface area contributed by atoms with E-state index < -0.39 is 15.8 Å². The van der Waals surface area contributed by atoms with Gasteiger partial charge in [0.15, 0.2) is 0 Å². The van der Waals surface area contributed by atoms with Crippen LogP contribution in [-0.2, 0) is 23.1 Å². The zero-order chi connectivity index (χ0) is 15.3. The Labute approximate surface area is 122 Å². The SMILES string of the molecule is NCc1ccc(F)cc1S(=O)(=O)NCCCn1ccnn1. The molecule has 0 aliphatic heterocycles. The zero-order valence-electron chi connectivity index (χ0n) is 11.2. The Morgan fingerprint density at radius 3 is 2.86 bits per heavy atom. The maximum Gasteiger partial charge on any atom is 0.240 e. The van der Waals surface area contributed by atoms with Gasteiger partial charge in [-0.05, 0) is 24.1 Å². The second kappa shape index (κ2) is 6.74. The maximum atomic E-state index is 13.2. The van der Waals surface area contributed by atoms with Gasteiger partial charge < -0.3 is 5.73 Å². The van der Waals surface area contributed by atoms with Crippen LogP contribution in [0.15, 0.2) is 35.5 Å². The third-order valence-corrected chi connectivity index (χ3v) is 4.41. The Morgan fingerprint density at radius 1 is 1.38 bits per heavy atom. The van der Waals surface area contributed by atoms with E-state index in [9.17, 15) is 12.8 Å². The van der Waals surface area contributed by atoms with Crippen LogP contribution in [0.2, 0.25) is 0 Å². The van der Waals surface area contributed by atoms with Crippen LogP contribution in [0, 0.1) is 5.82 Å². The first-order chi connectivity index (χ1) is 10.0. The number of hydrogen-bond donors (Lipinski definition) is 2. The molecule has 3 N–H and O–H groups in total. The highest BCUT2D eigenvalue weighted by Crippen LogP contribution is 2.16. The van der Waals surface area contributed by atoms with Crippen LogP contribution in [-0.4, -0.2) is 30.0 Å². The third-order valence-electron chi connectivity index (χ3n) is 2.87. The van der Waals surface area contributed by atoms with E-state index in [1.807, 2.05) is 0 Å². The smallest absolute Gasteiger partial charge is 0.240 e. The molecule has 0 unspecified atom stereocenters. The first-order valence-electron chi connectivity index (χ1n) is 6.35. The molecule has 0 bridgehead atoms. The summed E-state index contributed by atoms with van der Waals surface area (Å²) in [5, 5.41) is 7.42. The van der Waals surface area contributed by atoms with Gasteiger partial charge in [0.1, 0.15) is 5.82 Å². The lowest BCUT2D eigenvalue weighted by molar-refractivity contribution is 0.541. The summed E-state index contributed by atoms with van der Waals surface area (Å²) in [4.78, 5) is -0.120. The number of nitrogens with two attached hydrogens (primary N) is 1. The van der Waals surface area contributed by atoms with Crippen LogP contribution in [0.4, 0.5) is 4.39 Å². The summed E-state index contributed by atoms with van der Waals surface area (Å²) in [5.74, 6) is -0.616. The van der Waals surface area contributed by atoms with Gasteiger partial charge in [-0.15, -0.1) is 5.10 Å². The van der Waals surface area contributed by atoms with Crippen LogP contribution in [0.5, 0.6) is 0 Å². The minimum absolute atomic E-state index is 0.0233. The fourth-order valence-corrected chi connectivity index (χ4v) is 3.16. The molecule has 0 saturated carbocycles. The van der Waals surface area contributed by atoms with Crippen molar-refractivity contribution in [3.05, 3.63) is 42.0 Å². The molecule has 0 fully saturated rings. The molecule has 7 nitrogen and oxygen atoms in total. The Balaban J connectivity index is 1.99. The molecule has 0 amide bonds. The molecular formula is C12H16FN5O2S. The van der Waals surface area contributed by atoms with Gasteiger partial charge in [-0.1, -0.05) is 11.3 Å². The lowest BCUT2D eigenvalue weighted by Crippen LogP contribution is -2.27. The average molecular weight is 313 g/mol. The van der Waals surface area contributed by atoms with Crippen molar-refractivity contribution in [1.29, 1.82) is 0 Å². The number of rotatable bonds is 7. The van der Waals surface area contributed by atoms with Crippen molar-refractivity contribution in [1.82, 2.24) is 19.7 Å². The molecule has 1 aromatic carbocycles. The number of hydrogen-bond acceptors (Lipinski definition) is 5. The van der Waals surface area contributed by atoms with Crippen molar-refractivity contribution in [2.75, 3.05) is 6.54 Å². The molecule has 1 heterocycles. The molecule has 9 heteroatoms. The van der Waals surface area contributed by atoms with Crippen molar-refractivity contribution in [2.45, 2.75) is 24.4 Å². The van der Waals surface area contributed by atoms with Gasteiger partial charge in [0.2, 0.25) is 10.0 Å². The predicted molar refractivity (Wildman–Crippen MR) is 74.1 cm³/mol. The predicted octanol–water partition coefficient (Wildman–Crippen LogP) is 0.244. The third kappa shape index (κ3) is 4.06. The lowest BCUT2D eigenvalue weighted by Gasteiger charge is -2.10. The molecule has 2 rings (SSSR count). The molecule has 0 radical (unpaired) electrons. The minimum Gasteiger partial charge on any atom is -0.326 e. The summed E-state index contributed by atoms with van der Waals surface area (Å²) in [6.07, 6.45) is 3.77. The molecule has 0 aliphatic rings. The molecule has 0 atom stereocenters. The fourth-order valence-electron chi connectivity index (χ4n) is 1.82. The fraction of sp³-hybridized carbons (Fsp3) is 0.333. The summed E-state index contributed by atoms with van der Waals surface area (Å²) in [5.41, 5.74) is 5.86. The van der Waals surface area contributed by atoms with Gasteiger partial charge in [0, 0.05) is 25.8 Å². The van der Waals surface area contributed by atoms with E-state index in [1.165, 1.54) is 12.1 Å². The van der Waals surface area contributed by atoms with E-state index in [2.05, 4.69) is 15.0 Å². The summed E-state index contributed by atoms with van der Waals surface area (Å²) >= 11 is 0. The highest BCUT2D eigenvalue weighted by atomic mass is 32.2. The van der Waals surface area contributed by atoms with E-state index in [-0.39, 0.29) is 18.0 Å². The highest BCUT2D eigenvalue weighted by Gasteiger charge is 2.18. The Bertz CT molecular complexity index is 688.